The minimum atomic E-state index is -0.0405. The summed E-state index contributed by atoms with van der Waals surface area (Å²) in [5.74, 6) is 4.78. The molecule has 0 saturated heterocycles. The van der Waals surface area contributed by atoms with Crippen LogP contribution in [0.25, 0.3) is 0 Å². The molecule has 0 radical (unpaired) electrons. The fraction of sp³-hybridized carbons (Fsp3) is 0.222. The molecule has 0 fully saturated rings. The summed E-state index contributed by atoms with van der Waals surface area (Å²) < 4.78 is 16.7. The Labute approximate surface area is 125 Å². The molecule has 1 unspecified atom stereocenters. The third-order valence-corrected chi connectivity index (χ3v) is 2.74. The zero-order chi connectivity index (χ0) is 14.9. The lowest BCUT2D eigenvalue weighted by Gasteiger charge is -2.13. The van der Waals surface area contributed by atoms with Crippen LogP contribution >= 0.6 is 0 Å². The van der Waals surface area contributed by atoms with Crippen LogP contribution in [0, 0.1) is 12.3 Å². The molecule has 0 saturated carbocycles. The van der Waals surface area contributed by atoms with E-state index in [4.69, 9.17) is 20.6 Å². The van der Waals surface area contributed by atoms with Crippen LogP contribution in [0.2, 0.25) is 0 Å². The lowest BCUT2D eigenvalue weighted by molar-refractivity contribution is 0.0523. The summed E-state index contributed by atoms with van der Waals surface area (Å²) in [7, 11) is 0. The van der Waals surface area contributed by atoms with Crippen molar-refractivity contribution in [3.8, 4) is 29.6 Å². The van der Waals surface area contributed by atoms with Crippen LogP contribution in [0.4, 0.5) is 0 Å². The minimum absolute atomic E-state index is 0.0405. The van der Waals surface area contributed by atoms with Crippen LogP contribution in [0.3, 0.4) is 0 Å². The van der Waals surface area contributed by atoms with Crippen molar-refractivity contribution in [2.45, 2.75) is 13.0 Å². The topological polar surface area (TPSA) is 27.7 Å². The predicted molar refractivity (Wildman–Crippen MR) is 82.7 cm³/mol. The second kappa shape index (κ2) is 7.98. The molecular weight excluding hydrogens is 264 g/mol. The molecule has 0 heterocycles. The lowest BCUT2D eigenvalue weighted by atomic mass is 10.3. The molecule has 1 atom stereocenters. The average molecular weight is 282 g/mol. The Morgan fingerprint density at radius 3 is 2.24 bits per heavy atom. The molecule has 2 rings (SSSR count). The van der Waals surface area contributed by atoms with Crippen molar-refractivity contribution in [1.82, 2.24) is 0 Å². The highest BCUT2D eigenvalue weighted by Crippen LogP contribution is 2.23. The Balaban J connectivity index is 1.83. The van der Waals surface area contributed by atoms with E-state index in [9.17, 15) is 0 Å². The number of rotatable bonds is 7. The summed E-state index contributed by atoms with van der Waals surface area (Å²) in [5, 5.41) is 0. The zero-order valence-electron chi connectivity index (χ0n) is 12.0. The van der Waals surface area contributed by atoms with Gasteiger partial charge in [-0.05, 0) is 43.3 Å². The SMILES string of the molecule is C#CCOC(C)COc1ccc(Oc2ccccc2)cc1. The molecule has 2 aromatic rings. The van der Waals surface area contributed by atoms with Crippen molar-refractivity contribution in [2.24, 2.45) is 0 Å². The summed E-state index contributed by atoms with van der Waals surface area (Å²) in [5.41, 5.74) is 0. The number of hydrogen-bond donors (Lipinski definition) is 0. The van der Waals surface area contributed by atoms with Gasteiger partial charge in [-0.25, -0.2) is 0 Å². The molecule has 0 bridgehead atoms. The number of terminal acetylenes is 1. The van der Waals surface area contributed by atoms with E-state index < -0.39 is 0 Å². The van der Waals surface area contributed by atoms with Crippen LogP contribution in [-0.2, 0) is 4.74 Å². The van der Waals surface area contributed by atoms with E-state index in [2.05, 4.69) is 5.92 Å². The van der Waals surface area contributed by atoms with Crippen molar-refractivity contribution in [1.29, 1.82) is 0 Å². The smallest absolute Gasteiger partial charge is 0.127 e. The van der Waals surface area contributed by atoms with Gasteiger partial charge in [-0.2, -0.15) is 0 Å². The van der Waals surface area contributed by atoms with Gasteiger partial charge in [0.15, 0.2) is 0 Å². The second-order valence-electron chi connectivity index (χ2n) is 4.52. The number of hydrogen-bond acceptors (Lipinski definition) is 3. The maximum absolute atomic E-state index is 5.71. The van der Waals surface area contributed by atoms with Crippen LogP contribution in [0.1, 0.15) is 6.92 Å². The summed E-state index contributed by atoms with van der Waals surface area (Å²) in [6, 6.07) is 17.1. The first-order valence-electron chi connectivity index (χ1n) is 6.79. The Kier molecular flexibility index (Phi) is 5.69. The highest BCUT2D eigenvalue weighted by molar-refractivity contribution is 5.35. The first-order chi connectivity index (χ1) is 10.3. The Hall–Kier alpha value is -2.44. The molecule has 3 nitrogen and oxygen atoms in total. The fourth-order valence-electron chi connectivity index (χ4n) is 1.68. The van der Waals surface area contributed by atoms with E-state index in [1.807, 2.05) is 61.5 Å². The van der Waals surface area contributed by atoms with Crippen molar-refractivity contribution >= 4 is 0 Å². The third-order valence-electron chi connectivity index (χ3n) is 2.74. The molecule has 0 aliphatic carbocycles. The first kappa shape index (κ1) is 15.0. The zero-order valence-corrected chi connectivity index (χ0v) is 12.0. The molecule has 0 N–H and O–H groups in total. The number of para-hydroxylation sites is 1. The molecule has 0 spiro atoms. The van der Waals surface area contributed by atoms with Crippen molar-refractivity contribution in [3.63, 3.8) is 0 Å². The molecule has 108 valence electrons. The molecule has 0 aromatic heterocycles. The van der Waals surface area contributed by atoms with Gasteiger partial charge in [-0.1, -0.05) is 24.1 Å². The first-order valence-corrected chi connectivity index (χ1v) is 6.79. The Morgan fingerprint density at radius 1 is 0.952 bits per heavy atom. The summed E-state index contributed by atoms with van der Waals surface area (Å²) in [6.07, 6.45) is 5.09. The van der Waals surface area contributed by atoms with E-state index in [1.165, 1.54) is 0 Å². The highest BCUT2D eigenvalue weighted by Gasteiger charge is 2.03. The van der Waals surface area contributed by atoms with Crippen LogP contribution in [0.5, 0.6) is 17.2 Å². The summed E-state index contributed by atoms with van der Waals surface area (Å²) in [6.45, 7) is 2.68. The van der Waals surface area contributed by atoms with Gasteiger partial charge in [-0.3, -0.25) is 0 Å². The van der Waals surface area contributed by atoms with Gasteiger partial charge < -0.3 is 14.2 Å². The van der Waals surface area contributed by atoms with E-state index in [0.717, 1.165) is 17.2 Å². The van der Waals surface area contributed by atoms with E-state index >= 15 is 0 Å². The van der Waals surface area contributed by atoms with Crippen molar-refractivity contribution < 1.29 is 14.2 Å². The second-order valence-corrected chi connectivity index (χ2v) is 4.52. The maximum atomic E-state index is 5.71. The quantitative estimate of drug-likeness (QED) is 0.721. The van der Waals surface area contributed by atoms with Crippen LogP contribution < -0.4 is 9.47 Å². The largest absolute Gasteiger partial charge is 0.491 e. The standard InChI is InChI=1S/C18H18O3/c1-3-13-19-15(2)14-20-16-9-11-18(12-10-16)21-17-7-5-4-6-8-17/h1,4-12,15H,13-14H2,2H3. The van der Waals surface area contributed by atoms with Crippen molar-refractivity contribution in [2.75, 3.05) is 13.2 Å². The van der Waals surface area contributed by atoms with E-state index in [1.54, 1.807) is 0 Å². The third kappa shape index (κ3) is 5.21. The van der Waals surface area contributed by atoms with Crippen LogP contribution in [0.15, 0.2) is 54.6 Å². The van der Waals surface area contributed by atoms with Crippen molar-refractivity contribution in [3.05, 3.63) is 54.6 Å². The van der Waals surface area contributed by atoms with Gasteiger partial charge in [0.05, 0.1) is 6.10 Å². The van der Waals surface area contributed by atoms with Gasteiger partial charge in [0.1, 0.15) is 30.5 Å². The molecular formula is C18H18O3. The molecule has 2 aromatic carbocycles. The molecule has 0 aliphatic rings. The number of ether oxygens (including phenoxy) is 3. The monoisotopic (exact) mass is 282 g/mol. The van der Waals surface area contributed by atoms with Gasteiger partial charge in [0.2, 0.25) is 0 Å². The molecule has 0 amide bonds. The lowest BCUT2D eigenvalue weighted by Crippen LogP contribution is -2.18. The average Bonchev–Trinajstić information content (AvgIpc) is 2.53. The summed E-state index contributed by atoms with van der Waals surface area (Å²) >= 11 is 0. The minimum Gasteiger partial charge on any atom is -0.491 e. The molecule has 0 aliphatic heterocycles. The van der Waals surface area contributed by atoms with E-state index in [-0.39, 0.29) is 6.10 Å². The Morgan fingerprint density at radius 2 is 1.57 bits per heavy atom. The van der Waals surface area contributed by atoms with E-state index in [0.29, 0.717) is 13.2 Å². The number of benzene rings is 2. The predicted octanol–water partition coefficient (Wildman–Crippen LogP) is 3.90. The van der Waals surface area contributed by atoms with Gasteiger partial charge in [0.25, 0.3) is 0 Å². The normalized spacial score (nSPS) is 11.4. The summed E-state index contributed by atoms with van der Waals surface area (Å²) in [4.78, 5) is 0. The fourth-order valence-corrected chi connectivity index (χ4v) is 1.68. The van der Waals surface area contributed by atoms with Gasteiger partial charge in [0, 0.05) is 0 Å². The van der Waals surface area contributed by atoms with Gasteiger partial charge in [-0.15, -0.1) is 6.42 Å². The highest BCUT2D eigenvalue weighted by atomic mass is 16.5. The Bertz CT molecular complexity index is 570. The van der Waals surface area contributed by atoms with Gasteiger partial charge >= 0.3 is 0 Å². The molecule has 21 heavy (non-hydrogen) atoms. The molecule has 3 heteroatoms. The maximum Gasteiger partial charge on any atom is 0.127 e. The van der Waals surface area contributed by atoms with Crippen LogP contribution in [-0.4, -0.2) is 19.3 Å².